The van der Waals surface area contributed by atoms with Gasteiger partial charge in [0, 0.05) is 0 Å². The Morgan fingerprint density at radius 3 is 2.35 bits per heavy atom. The van der Waals surface area contributed by atoms with Crippen LogP contribution in [-0.4, -0.2) is 17.7 Å². The number of esters is 1. The highest BCUT2D eigenvalue weighted by molar-refractivity contribution is 5.76. The van der Waals surface area contributed by atoms with Gasteiger partial charge in [-0.3, -0.25) is 0 Å². The van der Waals surface area contributed by atoms with Crippen molar-refractivity contribution >= 4 is 5.97 Å². The van der Waals surface area contributed by atoms with Gasteiger partial charge in [-0.25, -0.2) is 4.79 Å². The van der Waals surface area contributed by atoms with Crippen molar-refractivity contribution in [2.24, 2.45) is 0 Å². The highest BCUT2D eigenvalue weighted by Crippen LogP contribution is 2.32. The normalized spacial score (nSPS) is 18.3. The van der Waals surface area contributed by atoms with Gasteiger partial charge in [0.25, 0.3) is 0 Å². The van der Waals surface area contributed by atoms with Crippen LogP contribution in [0.15, 0.2) is 24.3 Å². The zero-order valence-corrected chi connectivity index (χ0v) is 12.2. The number of carbonyl (C=O) groups is 1. The summed E-state index contributed by atoms with van der Waals surface area (Å²) in [7, 11) is 0. The number of carbonyl (C=O) groups excluding carboxylic acids is 1. The van der Waals surface area contributed by atoms with Gasteiger partial charge in [-0.15, -0.1) is 0 Å². The Bertz CT molecular complexity index is 416. The fourth-order valence-electron chi connectivity index (χ4n) is 2.92. The third-order valence-corrected chi connectivity index (χ3v) is 4.09. The fourth-order valence-corrected chi connectivity index (χ4v) is 2.92. The molecule has 2 rings (SSSR count). The van der Waals surface area contributed by atoms with Crippen LogP contribution >= 0.6 is 0 Å². The second kappa shape index (κ2) is 7.44. The van der Waals surface area contributed by atoms with Gasteiger partial charge in [0.05, 0.1) is 6.61 Å². The minimum Gasteiger partial charge on any atom is -0.464 e. The van der Waals surface area contributed by atoms with Crippen LogP contribution < -0.4 is 0 Å². The van der Waals surface area contributed by atoms with E-state index in [-0.39, 0.29) is 6.61 Å². The van der Waals surface area contributed by atoms with Gasteiger partial charge in [-0.05, 0) is 36.8 Å². The molecule has 1 N–H and O–H groups in total. The molecule has 1 unspecified atom stereocenters. The van der Waals surface area contributed by atoms with Crippen molar-refractivity contribution in [3.63, 3.8) is 0 Å². The number of hydrogen-bond donors (Lipinski definition) is 1. The van der Waals surface area contributed by atoms with E-state index in [1.54, 1.807) is 6.92 Å². The predicted molar refractivity (Wildman–Crippen MR) is 78.5 cm³/mol. The summed E-state index contributed by atoms with van der Waals surface area (Å²) in [5.41, 5.74) is 1.94. The highest BCUT2D eigenvalue weighted by Gasteiger charge is 2.19. The minimum absolute atomic E-state index is 0.288. The maximum Gasteiger partial charge on any atom is 0.339 e. The number of aliphatic hydroxyl groups is 1. The molecule has 1 aromatic carbocycles. The zero-order valence-electron chi connectivity index (χ0n) is 12.2. The molecule has 110 valence electrons. The molecule has 0 saturated heterocycles. The number of benzene rings is 1. The summed E-state index contributed by atoms with van der Waals surface area (Å²) in [6.07, 6.45) is 6.62. The first-order chi connectivity index (χ1) is 9.72. The lowest BCUT2D eigenvalue weighted by molar-refractivity contribution is -0.153. The van der Waals surface area contributed by atoms with Crippen LogP contribution in [0.2, 0.25) is 0 Å². The van der Waals surface area contributed by atoms with Crippen LogP contribution in [0, 0.1) is 0 Å². The molecular weight excluding hydrogens is 252 g/mol. The van der Waals surface area contributed by atoms with Crippen molar-refractivity contribution < 1.29 is 14.6 Å². The topological polar surface area (TPSA) is 46.5 Å². The van der Waals surface area contributed by atoms with E-state index in [0.717, 1.165) is 0 Å². The van der Waals surface area contributed by atoms with Crippen molar-refractivity contribution in [2.45, 2.75) is 57.5 Å². The molecule has 1 aromatic rings. The van der Waals surface area contributed by atoms with Gasteiger partial charge in [0.2, 0.25) is 0 Å². The molecule has 1 atom stereocenters. The molecule has 3 nitrogen and oxygen atoms in total. The van der Waals surface area contributed by atoms with E-state index >= 15 is 0 Å². The Kier molecular flexibility index (Phi) is 5.60. The molecule has 0 heterocycles. The summed E-state index contributed by atoms with van der Waals surface area (Å²) in [5.74, 6) is 0.0565. The molecule has 0 aliphatic heterocycles. The fraction of sp³-hybridized carbons (Fsp3) is 0.588. The molecule has 0 bridgehead atoms. The molecule has 3 heteroatoms. The Balaban J connectivity index is 2.03. The third-order valence-electron chi connectivity index (χ3n) is 4.09. The van der Waals surface area contributed by atoms with E-state index in [0.29, 0.717) is 11.5 Å². The van der Waals surface area contributed by atoms with Crippen molar-refractivity contribution in [2.75, 3.05) is 6.61 Å². The summed E-state index contributed by atoms with van der Waals surface area (Å²) in [6, 6.07) is 7.80. The van der Waals surface area contributed by atoms with E-state index in [1.165, 1.54) is 44.1 Å². The molecule has 1 fully saturated rings. The first-order valence-electron chi connectivity index (χ1n) is 7.67. The lowest BCUT2D eigenvalue weighted by Gasteiger charge is -2.16. The summed E-state index contributed by atoms with van der Waals surface area (Å²) in [5, 5.41) is 9.89. The van der Waals surface area contributed by atoms with Gasteiger partial charge < -0.3 is 9.84 Å². The molecule has 1 saturated carbocycles. The average molecular weight is 276 g/mol. The molecule has 0 spiro atoms. The van der Waals surface area contributed by atoms with Crippen molar-refractivity contribution in [1.29, 1.82) is 0 Å². The summed E-state index contributed by atoms with van der Waals surface area (Å²) in [6.45, 7) is 2.02. The standard InChI is InChI=1S/C17H24O3/c1-2-20-17(19)16(18)15-11-9-14(10-12-15)13-7-5-3-4-6-8-13/h9-13,16,18H,2-8H2,1H3. The van der Waals surface area contributed by atoms with E-state index in [1.807, 2.05) is 24.3 Å². The number of ether oxygens (including phenoxy) is 1. The predicted octanol–water partition coefficient (Wildman–Crippen LogP) is 3.72. The van der Waals surface area contributed by atoms with Crippen LogP contribution in [-0.2, 0) is 9.53 Å². The molecular formula is C17H24O3. The molecule has 0 aromatic heterocycles. The second-order valence-corrected chi connectivity index (χ2v) is 5.51. The molecule has 0 radical (unpaired) electrons. The van der Waals surface area contributed by atoms with Gasteiger partial charge in [-0.2, -0.15) is 0 Å². The van der Waals surface area contributed by atoms with Crippen LogP contribution in [0.25, 0.3) is 0 Å². The molecule has 20 heavy (non-hydrogen) atoms. The first kappa shape index (κ1) is 15.0. The molecule has 1 aliphatic carbocycles. The second-order valence-electron chi connectivity index (χ2n) is 5.51. The average Bonchev–Trinajstić information content (AvgIpc) is 2.76. The van der Waals surface area contributed by atoms with Crippen LogP contribution in [0.3, 0.4) is 0 Å². The van der Waals surface area contributed by atoms with Crippen LogP contribution in [0.5, 0.6) is 0 Å². The smallest absolute Gasteiger partial charge is 0.339 e. The Hall–Kier alpha value is -1.35. The van der Waals surface area contributed by atoms with Crippen LogP contribution in [0.4, 0.5) is 0 Å². The van der Waals surface area contributed by atoms with Gasteiger partial charge in [0.1, 0.15) is 0 Å². The van der Waals surface area contributed by atoms with E-state index < -0.39 is 12.1 Å². The first-order valence-corrected chi connectivity index (χ1v) is 7.67. The van der Waals surface area contributed by atoms with Gasteiger partial charge in [0.15, 0.2) is 6.10 Å². The van der Waals surface area contributed by atoms with Crippen molar-refractivity contribution in [3.8, 4) is 0 Å². The van der Waals surface area contributed by atoms with Gasteiger partial charge >= 0.3 is 5.97 Å². The lowest BCUT2D eigenvalue weighted by atomic mass is 9.91. The van der Waals surface area contributed by atoms with E-state index in [4.69, 9.17) is 4.74 Å². The SMILES string of the molecule is CCOC(=O)C(O)c1ccc(C2CCCCCC2)cc1. The Morgan fingerprint density at radius 1 is 1.20 bits per heavy atom. The Labute approximate surface area is 121 Å². The molecule has 0 amide bonds. The number of hydrogen-bond acceptors (Lipinski definition) is 3. The molecule has 1 aliphatic rings. The van der Waals surface area contributed by atoms with Gasteiger partial charge in [-0.1, -0.05) is 49.9 Å². The maximum atomic E-state index is 11.5. The monoisotopic (exact) mass is 276 g/mol. The Morgan fingerprint density at radius 2 is 1.80 bits per heavy atom. The maximum absolute atomic E-state index is 11.5. The quantitative estimate of drug-likeness (QED) is 0.673. The number of aliphatic hydroxyl groups excluding tert-OH is 1. The summed E-state index contributed by atoms with van der Waals surface area (Å²) >= 11 is 0. The van der Waals surface area contributed by atoms with E-state index in [9.17, 15) is 9.90 Å². The van der Waals surface area contributed by atoms with Crippen LogP contribution in [0.1, 0.15) is 68.6 Å². The minimum atomic E-state index is -1.17. The van der Waals surface area contributed by atoms with Crippen molar-refractivity contribution in [3.05, 3.63) is 35.4 Å². The van der Waals surface area contributed by atoms with E-state index in [2.05, 4.69) is 0 Å². The largest absolute Gasteiger partial charge is 0.464 e. The third kappa shape index (κ3) is 3.83. The lowest BCUT2D eigenvalue weighted by Crippen LogP contribution is -2.15. The highest BCUT2D eigenvalue weighted by atomic mass is 16.5. The zero-order chi connectivity index (χ0) is 14.4. The van der Waals surface area contributed by atoms with Crippen molar-refractivity contribution in [1.82, 2.24) is 0 Å². The number of rotatable bonds is 4. The summed E-state index contributed by atoms with van der Waals surface area (Å²) < 4.78 is 4.83. The summed E-state index contributed by atoms with van der Waals surface area (Å²) in [4.78, 5) is 11.5.